The van der Waals surface area contributed by atoms with Gasteiger partial charge in [-0.2, -0.15) is 9.97 Å². The molecule has 0 fully saturated rings. The first-order valence-electron chi connectivity index (χ1n) is 16.5. The lowest BCUT2D eigenvalue weighted by Crippen LogP contribution is -2.06. The Morgan fingerprint density at radius 1 is 0.469 bits per heavy atom. The first-order chi connectivity index (χ1) is 24.2. The van der Waals surface area contributed by atoms with Crippen LogP contribution in [0.25, 0.3) is 92.6 Å². The van der Waals surface area contributed by atoms with Crippen molar-refractivity contribution in [3.05, 3.63) is 157 Å². The first kappa shape index (κ1) is 27.9. The standard InChI is InChI=1S/C44H28N4S/c1-27-21-24-37-35(25-27)39-33-20-12-11-19-32(33)38-34-26-31(28-13-5-2-6-14-28)22-23-36(34)48(40(38)41(39)49-37)44-46-42(29-15-7-3-8-16-29)45-43(47-44)30-17-9-4-10-18-30/h2-26H,1H3. The Kier molecular flexibility index (Phi) is 6.23. The van der Waals surface area contributed by atoms with Crippen LogP contribution in [0, 0.1) is 6.92 Å². The van der Waals surface area contributed by atoms with Gasteiger partial charge in [-0.05, 0) is 53.1 Å². The summed E-state index contributed by atoms with van der Waals surface area (Å²) in [5.74, 6) is 1.89. The van der Waals surface area contributed by atoms with Crippen LogP contribution in [-0.2, 0) is 0 Å². The summed E-state index contributed by atoms with van der Waals surface area (Å²) in [5, 5.41) is 7.43. The van der Waals surface area contributed by atoms with Gasteiger partial charge in [-0.3, -0.25) is 4.57 Å². The van der Waals surface area contributed by atoms with E-state index in [4.69, 9.17) is 15.0 Å². The zero-order valence-electron chi connectivity index (χ0n) is 26.6. The molecule has 0 amide bonds. The minimum atomic E-state index is 0.602. The van der Waals surface area contributed by atoms with E-state index in [0.29, 0.717) is 17.6 Å². The summed E-state index contributed by atoms with van der Waals surface area (Å²) in [5.41, 5.74) is 7.69. The number of fused-ring (bicyclic) bond motifs is 10. The maximum atomic E-state index is 5.25. The number of thiophene rings is 1. The average Bonchev–Trinajstić information content (AvgIpc) is 3.72. The molecule has 0 aliphatic rings. The highest BCUT2D eigenvalue weighted by atomic mass is 32.1. The van der Waals surface area contributed by atoms with E-state index < -0.39 is 0 Å². The number of hydrogen-bond donors (Lipinski definition) is 0. The van der Waals surface area contributed by atoms with E-state index in [1.54, 1.807) is 0 Å². The molecule has 230 valence electrons. The molecule has 0 atom stereocenters. The molecule has 0 unspecified atom stereocenters. The van der Waals surface area contributed by atoms with Crippen LogP contribution in [0.1, 0.15) is 5.56 Å². The van der Waals surface area contributed by atoms with Crippen LogP contribution in [0.4, 0.5) is 0 Å². The Morgan fingerprint density at radius 3 is 1.71 bits per heavy atom. The highest BCUT2D eigenvalue weighted by Crippen LogP contribution is 2.48. The monoisotopic (exact) mass is 644 g/mol. The summed E-state index contributed by atoms with van der Waals surface area (Å²) in [6.07, 6.45) is 0. The molecule has 10 rings (SSSR count). The van der Waals surface area contributed by atoms with Crippen molar-refractivity contribution >= 4 is 64.1 Å². The Balaban J connectivity index is 1.41. The molecule has 3 aromatic heterocycles. The number of rotatable bonds is 4. The van der Waals surface area contributed by atoms with Gasteiger partial charge in [-0.1, -0.05) is 133 Å². The van der Waals surface area contributed by atoms with E-state index in [9.17, 15) is 0 Å². The minimum Gasteiger partial charge on any atom is -0.276 e. The van der Waals surface area contributed by atoms with E-state index in [1.165, 1.54) is 58.4 Å². The molecule has 0 spiro atoms. The number of benzene rings is 7. The van der Waals surface area contributed by atoms with E-state index in [-0.39, 0.29) is 0 Å². The van der Waals surface area contributed by atoms with E-state index in [2.05, 4.69) is 127 Å². The van der Waals surface area contributed by atoms with Gasteiger partial charge in [0.1, 0.15) is 0 Å². The van der Waals surface area contributed by atoms with Crippen molar-refractivity contribution in [2.24, 2.45) is 0 Å². The van der Waals surface area contributed by atoms with Gasteiger partial charge in [-0.15, -0.1) is 11.3 Å². The highest BCUT2D eigenvalue weighted by Gasteiger charge is 2.24. The van der Waals surface area contributed by atoms with E-state index in [0.717, 1.165) is 22.2 Å². The molecule has 0 aliphatic carbocycles. The van der Waals surface area contributed by atoms with Crippen molar-refractivity contribution < 1.29 is 0 Å². The minimum absolute atomic E-state index is 0.602. The third-order valence-electron chi connectivity index (χ3n) is 9.49. The summed E-state index contributed by atoms with van der Waals surface area (Å²) >= 11 is 1.85. The molecule has 49 heavy (non-hydrogen) atoms. The van der Waals surface area contributed by atoms with Crippen LogP contribution in [0.15, 0.2) is 152 Å². The SMILES string of the molecule is Cc1ccc2sc3c(c2c1)c1ccccc1c1c2cc(-c4ccccc4)ccc2n(-c2nc(-c4ccccc4)nc(-c4ccccc4)n2)c31. The molecule has 0 saturated carbocycles. The Morgan fingerprint density at radius 2 is 1.06 bits per heavy atom. The predicted octanol–water partition coefficient (Wildman–Crippen LogP) is 11.8. The van der Waals surface area contributed by atoms with Crippen molar-refractivity contribution in [2.75, 3.05) is 0 Å². The average molecular weight is 645 g/mol. The summed E-state index contributed by atoms with van der Waals surface area (Å²) in [6.45, 7) is 2.17. The molecule has 3 heterocycles. The quantitative estimate of drug-likeness (QED) is 0.191. The zero-order chi connectivity index (χ0) is 32.5. The highest BCUT2D eigenvalue weighted by molar-refractivity contribution is 7.27. The lowest BCUT2D eigenvalue weighted by atomic mass is 9.97. The second-order valence-electron chi connectivity index (χ2n) is 12.5. The molecule has 0 aliphatic heterocycles. The maximum Gasteiger partial charge on any atom is 0.238 e. The fraction of sp³-hybridized carbons (Fsp3) is 0.0227. The fourth-order valence-corrected chi connectivity index (χ4v) is 8.50. The summed E-state index contributed by atoms with van der Waals surface area (Å²) in [7, 11) is 0. The largest absolute Gasteiger partial charge is 0.276 e. The van der Waals surface area contributed by atoms with Gasteiger partial charge in [-0.25, -0.2) is 4.98 Å². The maximum absolute atomic E-state index is 5.25. The third-order valence-corrected chi connectivity index (χ3v) is 10.7. The number of nitrogens with zero attached hydrogens (tertiary/aromatic N) is 4. The zero-order valence-corrected chi connectivity index (χ0v) is 27.4. The van der Waals surface area contributed by atoms with Gasteiger partial charge in [0.2, 0.25) is 5.95 Å². The fourth-order valence-electron chi connectivity index (χ4n) is 7.26. The Hall–Kier alpha value is -6.17. The molecule has 10 aromatic rings. The van der Waals surface area contributed by atoms with Crippen molar-refractivity contribution in [1.29, 1.82) is 0 Å². The normalized spacial score (nSPS) is 11.8. The molecular weight excluding hydrogens is 617 g/mol. The van der Waals surface area contributed by atoms with Gasteiger partial charge in [0, 0.05) is 37.4 Å². The molecule has 4 nitrogen and oxygen atoms in total. The van der Waals surface area contributed by atoms with Crippen molar-refractivity contribution in [2.45, 2.75) is 6.92 Å². The van der Waals surface area contributed by atoms with Crippen molar-refractivity contribution in [3.8, 4) is 39.9 Å². The van der Waals surface area contributed by atoms with Gasteiger partial charge in [0.05, 0.1) is 15.7 Å². The topological polar surface area (TPSA) is 43.6 Å². The van der Waals surface area contributed by atoms with E-state index in [1.807, 2.05) is 47.7 Å². The van der Waals surface area contributed by atoms with Crippen molar-refractivity contribution in [3.63, 3.8) is 0 Å². The van der Waals surface area contributed by atoms with Gasteiger partial charge < -0.3 is 0 Å². The van der Waals surface area contributed by atoms with Crippen LogP contribution in [0.5, 0.6) is 0 Å². The Bertz CT molecular complexity index is 2820. The predicted molar refractivity (Wildman–Crippen MR) is 206 cm³/mol. The van der Waals surface area contributed by atoms with Gasteiger partial charge in [0.25, 0.3) is 0 Å². The second kappa shape index (κ2) is 10.9. The third kappa shape index (κ3) is 4.40. The molecule has 0 saturated heterocycles. The number of aryl methyl sites for hydroxylation is 1. The summed E-state index contributed by atoms with van der Waals surface area (Å²) < 4.78 is 4.79. The summed E-state index contributed by atoms with van der Waals surface area (Å²) in [6, 6.07) is 53.5. The summed E-state index contributed by atoms with van der Waals surface area (Å²) in [4.78, 5) is 15.5. The molecule has 0 N–H and O–H groups in total. The smallest absolute Gasteiger partial charge is 0.238 e. The molecular formula is C44H28N4S. The molecule has 7 aromatic carbocycles. The van der Waals surface area contributed by atoms with Gasteiger partial charge >= 0.3 is 0 Å². The molecule has 0 bridgehead atoms. The second-order valence-corrected chi connectivity index (χ2v) is 13.6. The first-order valence-corrected chi connectivity index (χ1v) is 17.3. The van der Waals surface area contributed by atoms with Gasteiger partial charge in [0.15, 0.2) is 11.6 Å². The van der Waals surface area contributed by atoms with Crippen LogP contribution in [-0.4, -0.2) is 19.5 Å². The van der Waals surface area contributed by atoms with Crippen LogP contribution >= 0.6 is 11.3 Å². The van der Waals surface area contributed by atoms with Crippen molar-refractivity contribution in [1.82, 2.24) is 19.5 Å². The lowest BCUT2D eigenvalue weighted by molar-refractivity contribution is 0.955. The van der Waals surface area contributed by atoms with Crippen LogP contribution in [0.3, 0.4) is 0 Å². The number of aromatic nitrogens is 4. The van der Waals surface area contributed by atoms with Crippen LogP contribution in [0.2, 0.25) is 0 Å². The lowest BCUT2D eigenvalue weighted by Gasteiger charge is -2.12. The number of hydrogen-bond acceptors (Lipinski definition) is 4. The Labute approximate surface area is 286 Å². The molecule has 0 radical (unpaired) electrons. The van der Waals surface area contributed by atoms with E-state index >= 15 is 0 Å². The van der Waals surface area contributed by atoms with Crippen LogP contribution < -0.4 is 0 Å². The molecule has 5 heteroatoms.